The number of benzene rings is 1. The minimum absolute atomic E-state index is 0.00987. The molecule has 1 fully saturated rings. The number of carbonyl (C=O) groups is 3. The molecule has 1 N–H and O–H groups in total. The minimum atomic E-state index is -0.481. The van der Waals surface area contributed by atoms with Crippen LogP contribution in [-0.4, -0.2) is 94.1 Å². The molecule has 1 saturated heterocycles. The first-order chi connectivity index (χ1) is 23.1. The lowest BCUT2D eigenvalue weighted by molar-refractivity contribution is -0.136. The first-order valence-electron chi connectivity index (χ1n) is 15.6. The molecule has 262 valence electrons. The lowest BCUT2D eigenvalue weighted by atomic mass is 10.0. The number of likely N-dealkylation sites (N-methyl/N-ethyl adjacent to an activating group) is 1. The molecule has 1 atom stereocenters. The molecule has 0 radical (unpaired) electrons. The molecular formula is C34H48FN6O6P. The van der Waals surface area contributed by atoms with E-state index in [1.165, 1.54) is 31.4 Å². The molecule has 2 amide bonds. The fourth-order valence-corrected chi connectivity index (χ4v) is 5.22. The lowest BCUT2D eigenvalue weighted by Crippen LogP contribution is -2.48. The number of hydrogen-bond donors (Lipinski definition) is 1. The van der Waals surface area contributed by atoms with Gasteiger partial charge in [-0.2, -0.15) is 0 Å². The second kappa shape index (κ2) is 20.1. The van der Waals surface area contributed by atoms with Crippen LogP contribution in [0.25, 0.3) is 0 Å². The van der Waals surface area contributed by atoms with Crippen LogP contribution in [0.15, 0.2) is 41.4 Å². The SMILES string of the molecule is C=C(/N=C\C(=C/C)OCc1c(F)c(OC)cc(OC)c1P)NC.CC.CN1CCN(Cc2cc3c(nc2C=O)N(C=O)CCC3)C(=O)C1. The van der Waals surface area contributed by atoms with Gasteiger partial charge in [0.25, 0.3) is 0 Å². The summed E-state index contributed by atoms with van der Waals surface area (Å²) in [7, 11) is 9.01. The zero-order chi connectivity index (χ0) is 35.8. The number of aryl methyl sites for hydroxylation is 1. The van der Waals surface area contributed by atoms with Gasteiger partial charge in [0.05, 0.1) is 27.0 Å². The molecule has 0 aliphatic carbocycles. The van der Waals surface area contributed by atoms with Gasteiger partial charge in [-0.1, -0.05) is 20.4 Å². The summed E-state index contributed by atoms with van der Waals surface area (Å²) in [5, 5.41) is 3.38. The number of aliphatic imine (C=N–C) groups is 1. The number of rotatable bonds is 12. The number of pyridine rings is 1. The van der Waals surface area contributed by atoms with Gasteiger partial charge in [0.2, 0.25) is 12.3 Å². The molecule has 14 heteroatoms. The van der Waals surface area contributed by atoms with Gasteiger partial charge in [0.15, 0.2) is 17.9 Å². The standard InChI is InChI=1S/C16H22FN2O3P.C16H20N4O3.C2H6/c1-6-11(8-19-10(2)18-3)22-9-12-15(17)13(20-4)7-14(21-5)16(12)23;1-18-5-6-19(15(23)9-18)8-13-7-12-3-2-4-20(11-22)16(12)17-14(13)10-21;1-2/h6-8,18H,2,9,23H2,1,3-5H3;7,10-11H,2-6,8-9H2,1H3;1-2H3/b11-6+,19-8-;;. The Labute approximate surface area is 285 Å². The van der Waals surface area contributed by atoms with Crippen LogP contribution in [-0.2, 0) is 33.9 Å². The van der Waals surface area contributed by atoms with E-state index < -0.39 is 5.82 Å². The molecule has 2 aliphatic rings. The van der Waals surface area contributed by atoms with Gasteiger partial charge < -0.3 is 24.4 Å². The Morgan fingerprint density at radius 1 is 1.17 bits per heavy atom. The average Bonchev–Trinajstić information content (AvgIpc) is 3.11. The number of nitrogens with zero attached hydrogens (tertiary/aromatic N) is 5. The number of allylic oxidation sites excluding steroid dienone is 2. The van der Waals surface area contributed by atoms with Gasteiger partial charge in [-0.15, -0.1) is 9.24 Å². The zero-order valence-electron chi connectivity index (χ0n) is 29.0. The van der Waals surface area contributed by atoms with Crippen molar-refractivity contribution in [3.8, 4) is 11.5 Å². The van der Waals surface area contributed by atoms with Crippen LogP contribution in [0, 0.1) is 5.82 Å². The van der Waals surface area contributed by atoms with E-state index in [1.54, 1.807) is 24.9 Å². The predicted molar refractivity (Wildman–Crippen MR) is 190 cm³/mol. The second-order valence-corrected chi connectivity index (χ2v) is 11.1. The fourth-order valence-electron chi connectivity index (χ4n) is 4.81. The number of anilines is 1. The van der Waals surface area contributed by atoms with Crippen LogP contribution in [0.1, 0.15) is 54.4 Å². The van der Waals surface area contributed by atoms with E-state index in [9.17, 15) is 18.8 Å². The monoisotopic (exact) mass is 686 g/mol. The van der Waals surface area contributed by atoms with Gasteiger partial charge in [-0.05, 0) is 44.5 Å². The molecule has 1 aromatic carbocycles. The number of methoxy groups -OCH3 is 2. The van der Waals surface area contributed by atoms with Crippen LogP contribution < -0.4 is 25.0 Å². The molecule has 3 heterocycles. The highest BCUT2D eigenvalue weighted by Crippen LogP contribution is 2.29. The van der Waals surface area contributed by atoms with Crippen molar-refractivity contribution in [3.05, 3.63) is 64.6 Å². The number of nitrogens with one attached hydrogen (secondary N) is 1. The number of carbonyl (C=O) groups excluding carboxylic acids is 3. The third kappa shape index (κ3) is 10.6. The van der Waals surface area contributed by atoms with E-state index in [4.69, 9.17) is 14.2 Å². The minimum Gasteiger partial charge on any atom is -0.496 e. The third-order valence-electron chi connectivity index (χ3n) is 7.50. The Morgan fingerprint density at radius 3 is 2.46 bits per heavy atom. The molecule has 12 nitrogen and oxygen atoms in total. The maximum Gasteiger partial charge on any atom is 0.237 e. The maximum absolute atomic E-state index is 14.4. The van der Waals surface area contributed by atoms with Gasteiger partial charge in [0.1, 0.15) is 35.4 Å². The number of piperazine rings is 1. The highest BCUT2D eigenvalue weighted by Gasteiger charge is 2.25. The number of fused-ring (bicyclic) bond motifs is 1. The molecule has 48 heavy (non-hydrogen) atoms. The molecule has 2 aromatic rings. The Balaban J connectivity index is 0.000000317. The van der Waals surface area contributed by atoms with Crippen LogP contribution in [0.2, 0.25) is 0 Å². The molecule has 1 unspecified atom stereocenters. The number of aromatic nitrogens is 1. The van der Waals surface area contributed by atoms with Crippen LogP contribution in [0.4, 0.5) is 10.2 Å². The second-order valence-electron chi connectivity index (χ2n) is 10.5. The van der Waals surface area contributed by atoms with Crippen molar-refractivity contribution in [3.63, 3.8) is 0 Å². The van der Waals surface area contributed by atoms with Crippen molar-refractivity contribution >= 4 is 45.2 Å². The zero-order valence-corrected chi connectivity index (χ0v) is 30.1. The number of ether oxygens (including phenoxy) is 3. The van der Waals surface area contributed by atoms with Gasteiger partial charge in [-0.25, -0.2) is 14.4 Å². The summed E-state index contributed by atoms with van der Waals surface area (Å²) in [5.74, 6) is 1.74. The van der Waals surface area contributed by atoms with Crippen molar-refractivity contribution < 1.29 is 33.0 Å². The van der Waals surface area contributed by atoms with E-state index in [0.29, 0.717) is 72.2 Å². The summed E-state index contributed by atoms with van der Waals surface area (Å²) in [5.41, 5.74) is 2.37. The van der Waals surface area contributed by atoms with Gasteiger partial charge >= 0.3 is 0 Å². The Kier molecular flexibility index (Phi) is 16.7. The number of amides is 2. The largest absolute Gasteiger partial charge is 0.496 e. The van der Waals surface area contributed by atoms with E-state index in [-0.39, 0.29) is 18.3 Å². The lowest BCUT2D eigenvalue weighted by Gasteiger charge is -2.33. The Morgan fingerprint density at radius 2 is 1.88 bits per heavy atom. The van der Waals surface area contributed by atoms with Crippen LogP contribution in [0.5, 0.6) is 11.5 Å². The molecule has 4 rings (SSSR count). The molecular weight excluding hydrogens is 638 g/mol. The third-order valence-corrected chi connectivity index (χ3v) is 8.13. The summed E-state index contributed by atoms with van der Waals surface area (Å²) in [6.07, 6.45) is 6.40. The average molecular weight is 687 g/mol. The topological polar surface area (TPSA) is 126 Å². The summed E-state index contributed by atoms with van der Waals surface area (Å²) in [6.45, 7) is 12.4. The number of hydrogen-bond acceptors (Lipinski definition) is 10. The number of aldehydes is 1. The summed E-state index contributed by atoms with van der Waals surface area (Å²) in [6, 6.07) is 3.42. The van der Waals surface area contributed by atoms with E-state index in [0.717, 1.165) is 36.9 Å². The maximum atomic E-state index is 14.4. The van der Waals surface area contributed by atoms with Crippen molar-refractivity contribution in [2.75, 3.05) is 59.4 Å². The smallest absolute Gasteiger partial charge is 0.237 e. The van der Waals surface area contributed by atoms with E-state index >= 15 is 0 Å². The quantitative estimate of drug-likeness (QED) is 0.154. The van der Waals surface area contributed by atoms with E-state index in [2.05, 4.69) is 31.1 Å². The van der Waals surface area contributed by atoms with E-state index in [1.807, 2.05) is 31.9 Å². The van der Waals surface area contributed by atoms with Crippen molar-refractivity contribution in [1.29, 1.82) is 0 Å². The number of halogens is 1. The fraction of sp³-hybridized carbons (Fsp3) is 0.441. The molecule has 2 aliphatic heterocycles. The van der Waals surface area contributed by atoms with Gasteiger partial charge in [-0.3, -0.25) is 24.2 Å². The molecule has 0 bridgehead atoms. The predicted octanol–water partition coefficient (Wildman–Crippen LogP) is 3.63. The first-order valence-corrected chi connectivity index (χ1v) is 16.2. The summed E-state index contributed by atoms with van der Waals surface area (Å²) in [4.78, 5) is 48.4. The first kappa shape index (κ1) is 39.8. The Hall–Kier alpha value is -4.35. The highest BCUT2D eigenvalue weighted by atomic mass is 31.0. The van der Waals surface area contributed by atoms with Crippen molar-refractivity contribution in [2.45, 2.75) is 46.8 Å². The molecule has 0 saturated carbocycles. The van der Waals surface area contributed by atoms with Gasteiger partial charge in [0, 0.05) is 55.7 Å². The Bertz CT molecular complexity index is 1470. The highest BCUT2D eigenvalue weighted by molar-refractivity contribution is 7.28. The van der Waals surface area contributed by atoms with Crippen molar-refractivity contribution in [2.24, 2.45) is 4.99 Å². The molecule has 0 spiro atoms. The summed E-state index contributed by atoms with van der Waals surface area (Å²) < 4.78 is 30.3. The van der Waals surface area contributed by atoms with Crippen LogP contribution >= 0.6 is 9.24 Å². The normalized spacial score (nSPS) is 14.6. The summed E-state index contributed by atoms with van der Waals surface area (Å²) >= 11 is 0. The van der Waals surface area contributed by atoms with Crippen molar-refractivity contribution in [1.82, 2.24) is 20.1 Å². The molecule has 1 aromatic heterocycles. The van der Waals surface area contributed by atoms with Crippen LogP contribution in [0.3, 0.4) is 0 Å².